The molecule has 17 heavy (non-hydrogen) atoms. The minimum absolute atomic E-state index is 0.0144. The maximum Gasteiger partial charge on any atom is 0.335 e. The van der Waals surface area contributed by atoms with Crippen LogP contribution in [0.3, 0.4) is 0 Å². The molecule has 5 heteroatoms. The van der Waals surface area contributed by atoms with E-state index in [2.05, 4.69) is 0 Å². The third-order valence-electron chi connectivity index (χ3n) is 2.27. The van der Waals surface area contributed by atoms with Crippen LogP contribution in [0.15, 0.2) is 18.2 Å². The minimum Gasteiger partial charge on any atom is -0.506 e. The van der Waals surface area contributed by atoms with Crippen LogP contribution in [0.2, 0.25) is 5.02 Å². The Balaban J connectivity index is 2.73. The number of halogens is 1. The van der Waals surface area contributed by atoms with E-state index in [0.717, 1.165) is 5.56 Å². The molecule has 0 saturated carbocycles. The molecule has 1 N–H and O–H groups in total. The predicted molar refractivity (Wildman–Crippen MR) is 64.3 cm³/mol. The van der Waals surface area contributed by atoms with Gasteiger partial charge in [-0.05, 0) is 24.6 Å². The fourth-order valence-corrected chi connectivity index (χ4v) is 1.59. The first-order valence-electron chi connectivity index (χ1n) is 5.25. The summed E-state index contributed by atoms with van der Waals surface area (Å²) in [6.07, 6.45) is -0.300. The molecule has 4 nitrogen and oxygen atoms in total. The molecule has 0 spiro atoms. The molecule has 0 aliphatic rings. The number of aromatic hydroxyl groups is 1. The van der Waals surface area contributed by atoms with E-state index in [4.69, 9.17) is 21.1 Å². The van der Waals surface area contributed by atoms with Gasteiger partial charge in [0.1, 0.15) is 5.75 Å². The van der Waals surface area contributed by atoms with Crippen LogP contribution >= 0.6 is 11.6 Å². The number of carbonyl (C=O) groups is 1. The largest absolute Gasteiger partial charge is 0.506 e. The van der Waals surface area contributed by atoms with Gasteiger partial charge >= 0.3 is 5.97 Å². The monoisotopic (exact) mass is 258 g/mol. The van der Waals surface area contributed by atoms with Crippen molar-refractivity contribution in [3.63, 3.8) is 0 Å². The first-order chi connectivity index (χ1) is 8.08. The number of benzene rings is 1. The van der Waals surface area contributed by atoms with E-state index in [1.54, 1.807) is 19.1 Å². The summed E-state index contributed by atoms with van der Waals surface area (Å²) in [6, 6.07) is 4.77. The molecule has 1 aromatic carbocycles. The van der Waals surface area contributed by atoms with Crippen molar-refractivity contribution in [2.75, 3.05) is 13.7 Å². The van der Waals surface area contributed by atoms with Crippen molar-refractivity contribution in [1.29, 1.82) is 0 Å². The van der Waals surface area contributed by atoms with Crippen LogP contribution in [-0.4, -0.2) is 30.9 Å². The van der Waals surface area contributed by atoms with Gasteiger partial charge in [-0.15, -0.1) is 0 Å². The second kappa shape index (κ2) is 6.47. The van der Waals surface area contributed by atoms with Crippen LogP contribution in [-0.2, 0) is 20.7 Å². The lowest BCUT2D eigenvalue weighted by molar-refractivity contribution is -0.154. The van der Waals surface area contributed by atoms with E-state index in [9.17, 15) is 9.90 Å². The van der Waals surface area contributed by atoms with E-state index in [0.29, 0.717) is 13.0 Å². The molecule has 1 aromatic rings. The molecule has 1 rings (SSSR count). The molecular weight excluding hydrogens is 244 g/mol. The number of hydrogen-bond acceptors (Lipinski definition) is 4. The summed E-state index contributed by atoms with van der Waals surface area (Å²) in [4.78, 5) is 11.5. The van der Waals surface area contributed by atoms with Gasteiger partial charge in [0.05, 0.1) is 11.6 Å². The second-order valence-electron chi connectivity index (χ2n) is 3.47. The number of methoxy groups -OCH3 is 1. The van der Waals surface area contributed by atoms with Crippen molar-refractivity contribution in [2.24, 2.45) is 0 Å². The van der Waals surface area contributed by atoms with Gasteiger partial charge in [0.25, 0.3) is 0 Å². The number of phenolic OH excluding ortho intramolecular Hbond substituents is 1. The maximum absolute atomic E-state index is 11.5. The molecule has 0 aromatic heterocycles. The van der Waals surface area contributed by atoms with Gasteiger partial charge in [0.15, 0.2) is 6.10 Å². The smallest absolute Gasteiger partial charge is 0.335 e. The van der Waals surface area contributed by atoms with Crippen molar-refractivity contribution in [2.45, 2.75) is 19.4 Å². The summed E-state index contributed by atoms with van der Waals surface area (Å²) in [5.41, 5.74) is 0.799. The zero-order valence-corrected chi connectivity index (χ0v) is 10.5. The highest BCUT2D eigenvalue weighted by molar-refractivity contribution is 6.32. The number of ether oxygens (including phenoxy) is 2. The molecule has 0 unspecified atom stereocenters. The summed E-state index contributed by atoms with van der Waals surface area (Å²) in [7, 11) is 1.45. The lowest BCUT2D eigenvalue weighted by Crippen LogP contribution is -2.27. The van der Waals surface area contributed by atoms with E-state index in [1.165, 1.54) is 13.2 Å². The lowest BCUT2D eigenvalue weighted by atomic mass is 10.1. The average Bonchev–Trinajstić information content (AvgIpc) is 2.30. The summed E-state index contributed by atoms with van der Waals surface area (Å²) in [5, 5.41) is 9.52. The van der Waals surface area contributed by atoms with Crippen LogP contribution in [0, 0.1) is 0 Å². The van der Waals surface area contributed by atoms with Crippen molar-refractivity contribution in [3.8, 4) is 5.75 Å². The fraction of sp³-hybridized carbons (Fsp3) is 0.417. The van der Waals surface area contributed by atoms with Gasteiger partial charge in [-0.1, -0.05) is 17.7 Å². The molecule has 0 fully saturated rings. The van der Waals surface area contributed by atoms with E-state index >= 15 is 0 Å². The molecule has 0 aliphatic heterocycles. The van der Waals surface area contributed by atoms with Crippen molar-refractivity contribution in [1.82, 2.24) is 0 Å². The molecule has 0 heterocycles. The summed E-state index contributed by atoms with van der Waals surface area (Å²) < 4.78 is 9.93. The van der Waals surface area contributed by atoms with Gasteiger partial charge in [0, 0.05) is 13.5 Å². The third-order valence-corrected chi connectivity index (χ3v) is 2.57. The number of hydrogen-bond donors (Lipinski definition) is 1. The van der Waals surface area contributed by atoms with Crippen LogP contribution < -0.4 is 0 Å². The first-order valence-corrected chi connectivity index (χ1v) is 5.63. The Morgan fingerprint density at radius 3 is 2.76 bits per heavy atom. The normalized spacial score (nSPS) is 12.2. The van der Waals surface area contributed by atoms with Gasteiger partial charge < -0.3 is 14.6 Å². The lowest BCUT2D eigenvalue weighted by Gasteiger charge is -2.14. The van der Waals surface area contributed by atoms with Gasteiger partial charge in [-0.25, -0.2) is 4.79 Å². The Morgan fingerprint density at radius 2 is 2.24 bits per heavy atom. The zero-order valence-electron chi connectivity index (χ0n) is 9.77. The standard InChI is InChI=1S/C12H15ClO4/c1-3-17-12(15)11(16-2)7-8-4-5-10(14)9(13)6-8/h4-6,11,14H,3,7H2,1-2H3/t11-/m0/s1. The molecule has 1 atom stereocenters. The average molecular weight is 259 g/mol. The van der Waals surface area contributed by atoms with E-state index < -0.39 is 12.1 Å². The number of carbonyl (C=O) groups excluding carboxylic acids is 1. The molecule has 0 bridgehead atoms. The van der Waals surface area contributed by atoms with E-state index in [-0.39, 0.29) is 10.8 Å². The van der Waals surface area contributed by atoms with Crippen LogP contribution in [0.5, 0.6) is 5.75 Å². The maximum atomic E-state index is 11.5. The van der Waals surface area contributed by atoms with Crippen LogP contribution in [0.1, 0.15) is 12.5 Å². The van der Waals surface area contributed by atoms with Crippen molar-refractivity contribution < 1.29 is 19.4 Å². The van der Waals surface area contributed by atoms with Gasteiger partial charge in [0.2, 0.25) is 0 Å². The summed E-state index contributed by atoms with van der Waals surface area (Å²) >= 11 is 5.77. The highest BCUT2D eigenvalue weighted by atomic mass is 35.5. The van der Waals surface area contributed by atoms with Crippen LogP contribution in [0.25, 0.3) is 0 Å². The zero-order chi connectivity index (χ0) is 12.8. The third kappa shape index (κ3) is 3.91. The predicted octanol–water partition coefficient (Wildman–Crippen LogP) is 2.17. The number of esters is 1. The first kappa shape index (κ1) is 13.8. The molecule has 0 radical (unpaired) electrons. The topological polar surface area (TPSA) is 55.8 Å². The molecule has 94 valence electrons. The minimum atomic E-state index is -0.657. The highest BCUT2D eigenvalue weighted by Crippen LogP contribution is 2.24. The Labute approximate surface area is 105 Å². The van der Waals surface area contributed by atoms with Crippen molar-refractivity contribution >= 4 is 17.6 Å². The molecule has 0 amide bonds. The summed E-state index contributed by atoms with van der Waals surface area (Å²) in [5.74, 6) is -0.389. The highest BCUT2D eigenvalue weighted by Gasteiger charge is 2.19. The Kier molecular flexibility index (Phi) is 5.25. The van der Waals surface area contributed by atoms with Gasteiger partial charge in [-0.3, -0.25) is 0 Å². The molecule has 0 saturated heterocycles. The van der Waals surface area contributed by atoms with E-state index in [1.807, 2.05) is 0 Å². The quantitative estimate of drug-likeness (QED) is 0.823. The summed E-state index contributed by atoms with van der Waals surface area (Å²) in [6.45, 7) is 2.05. The second-order valence-corrected chi connectivity index (χ2v) is 3.87. The van der Waals surface area contributed by atoms with Gasteiger partial charge in [-0.2, -0.15) is 0 Å². The van der Waals surface area contributed by atoms with Crippen LogP contribution in [0.4, 0.5) is 0 Å². The Morgan fingerprint density at radius 1 is 1.53 bits per heavy atom. The Bertz CT molecular complexity index is 392. The van der Waals surface area contributed by atoms with Crippen molar-refractivity contribution in [3.05, 3.63) is 28.8 Å². The Hall–Kier alpha value is -1.26. The number of phenols is 1. The SMILES string of the molecule is CCOC(=O)[C@H](Cc1ccc(O)c(Cl)c1)OC. The molecular formula is C12H15ClO4. The molecule has 0 aliphatic carbocycles. The fourth-order valence-electron chi connectivity index (χ4n) is 1.39. The number of rotatable bonds is 5.